The highest BCUT2D eigenvalue weighted by atomic mass is 32.2. The highest BCUT2D eigenvalue weighted by Gasteiger charge is 2.41. The molecule has 0 aliphatic carbocycles. The number of benzene rings is 1. The lowest BCUT2D eigenvalue weighted by Gasteiger charge is -2.25. The summed E-state index contributed by atoms with van der Waals surface area (Å²) in [6.07, 6.45) is 0.689. The molecule has 2 amide bonds. The lowest BCUT2D eigenvalue weighted by atomic mass is 10.0. The van der Waals surface area contributed by atoms with Crippen molar-refractivity contribution in [3.05, 3.63) is 29.8 Å². The number of para-hydroxylation sites is 1. The van der Waals surface area contributed by atoms with Crippen LogP contribution >= 0.6 is 11.8 Å². The molecule has 23 heavy (non-hydrogen) atoms. The van der Waals surface area contributed by atoms with Gasteiger partial charge in [-0.3, -0.25) is 14.6 Å². The fourth-order valence-corrected chi connectivity index (χ4v) is 3.37. The largest absolute Gasteiger partial charge is 0.369 e. The minimum Gasteiger partial charge on any atom is -0.369 e. The number of carbonyl (C=O) groups is 2. The zero-order chi connectivity index (χ0) is 16.6. The zero-order valence-electron chi connectivity index (χ0n) is 13.0. The van der Waals surface area contributed by atoms with Crippen molar-refractivity contribution in [3.8, 4) is 0 Å². The van der Waals surface area contributed by atoms with E-state index in [9.17, 15) is 9.59 Å². The van der Waals surface area contributed by atoms with E-state index in [2.05, 4.69) is 23.8 Å². The number of nitrogens with two attached hydrogens (primary N) is 1. The van der Waals surface area contributed by atoms with E-state index in [1.54, 1.807) is 0 Å². The molecule has 1 atom stereocenters. The molecular weight excluding hydrogens is 312 g/mol. The third kappa shape index (κ3) is 3.01. The molecule has 0 spiro atoms. The van der Waals surface area contributed by atoms with Crippen LogP contribution in [0.4, 0.5) is 5.69 Å². The van der Waals surface area contributed by atoms with Gasteiger partial charge in [0.15, 0.2) is 5.17 Å². The fourth-order valence-electron chi connectivity index (χ4n) is 2.63. The maximum Gasteiger partial charge on any atom is 0.259 e. The highest BCUT2D eigenvalue weighted by Crippen LogP contribution is 2.34. The highest BCUT2D eigenvalue weighted by molar-refractivity contribution is 8.14. The second-order valence-corrected chi connectivity index (χ2v) is 6.88. The van der Waals surface area contributed by atoms with Crippen LogP contribution < -0.4 is 5.73 Å². The first-order valence-corrected chi connectivity index (χ1v) is 8.47. The van der Waals surface area contributed by atoms with Gasteiger partial charge in [-0.1, -0.05) is 37.7 Å². The van der Waals surface area contributed by atoms with Gasteiger partial charge in [-0.15, -0.1) is 0 Å². The van der Waals surface area contributed by atoms with Crippen molar-refractivity contribution in [2.24, 2.45) is 21.6 Å². The lowest BCUT2D eigenvalue weighted by molar-refractivity contribution is -0.125. The topological polar surface area (TPSA) is 88.1 Å². The molecule has 7 heteroatoms. The van der Waals surface area contributed by atoms with Crippen LogP contribution in [0.15, 0.2) is 34.3 Å². The van der Waals surface area contributed by atoms with Crippen LogP contribution in [0.1, 0.15) is 25.8 Å². The van der Waals surface area contributed by atoms with Crippen molar-refractivity contribution in [2.75, 3.05) is 5.75 Å². The van der Waals surface area contributed by atoms with E-state index in [-0.39, 0.29) is 11.7 Å². The van der Waals surface area contributed by atoms with Gasteiger partial charge >= 0.3 is 0 Å². The molecule has 0 fully saturated rings. The average molecular weight is 330 g/mol. The van der Waals surface area contributed by atoms with Gasteiger partial charge < -0.3 is 5.73 Å². The monoisotopic (exact) mass is 330 g/mol. The van der Waals surface area contributed by atoms with Gasteiger partial charge in [0, 0.05) is 5.56 Å². The smallest absolute Gasteiger partial charge is 0.259 e. The number of hydrogen-bond acceptors (Lipinski definition) is 5. The Morgan fingerprint density at radius 3 is 2.83 bits per heavy atom. The average Bonchev–Trinajstić information content (AvgIpc) is 2.82. The molecule has 2 aliphatic rings. The van der Waals surface area contributed by atoms with Gasteiger partial charge in [-0.05, 0) is 24.5 Å². The Hall–Kier alpha value is -2.15. The number of hydrogen-bond donors (Lipinski definition) is 1. The van der Waals surface area contributed by atoms with E-state index < -0.39 is 11.9 Å². The fraction of sp³-hybridized carbons (Fsp3) is 0.375. The van der Waals surface area contributed by atoms with Gasteiger partial charge in [0.05, 0.1) is 11.4 Å². The molecule has 6 nitrogen and oxygen atoms in total. The summed E-state index contributed by atoms with van der Waals surface area (Å²) in [5.74, 6) is 0.536. The van der Waals surface area contributed by atoms with E-state index >= 15 is 0 Å². The summed E-state index contributed by atoms with van der Waals surface area (Å²) >= 11 is 1.17. The molecule has 0 aromatic heterocycles. The van der Waals surface area contributed by atoms with Crippen molar-refractivity contribution >= 4 is 40.3 Å². The Labute approximate surface area is 138 Å². The number of primary amides is 1. The maximum absolute atomic E-state index is 12.7. The molecule has 0 saturated heterocycles. The lowest BCUT2D eigenvalue weighted by Crippen LogP contribution is -2.41. The first-order chi connectivity index (χ1) is 11.0. The molecule has 0 radical (unpaired) electrons. The van der Waals surface area contributed by atoms with Gasteiger partial charge in [-0.2, -0.15) is 0 Å². The van der Waals surface area contributed by atoms with E-state index in [4.69, 9.17) is 5.73 Å². The van der Waals surface area contributed by atoms with Crippen molar-refractivity contribution in [1.82, 2.24) is 4.90 Å². The van der Waals surface area contributed by atoms with Gasteiger partial charge in [0.25, 0.3) is 5.91 Å². The quantitative estimate of drug-likeness (QED) is 0.914. The standard InChI is InChI=1S/C16H18N4O2S/c1-9(2)7-12-15(22)20-14(18-12)10-5-3-4-6-11(10)19-16(20)23-8-13(17)21/h3-6,9,12H,7-8H2,1-2H3,(H2,17,21). The van der Waals surface area contributed by atoms with Crippen molar-refractivity contribution in [3.63, 3.8) is 0 Å². The van der Waals surface area contributed by atoms with Gasteiger partial charge in [-0.25, -0.2) is 9.89 Å². The van der Waals surface area contributed by atoms with Crippen LogP contribution in [0, 0.1) is 5.92 Å². The molecule has 0 saturated carbocycles. The first kappa shape index (κ1) is 15.7. The van der Waals surface area contributed by atoms with Crippen molar-refractivity contribution in [2.45, 2.75) is 26.3 Å². The number of nitrogens with zero attached hydrogens (tertiary/aromatic N) is 3. The van der Waals surface area contributed by atoms with Crippen molar-refractivity contribution in [1.29, 1.82) is 0 Å². The summed E-state index contributed by atoms with van der Waals surface area (Å²) < 4.78 is 0. The molecule has 1 unspecified atom stereocenters. The molecule has 1 aromatic rings. The summed E-state index contributed by atoms with van der Waals surface area (Å²) in [6.45, 7) is 4.13. The van der Waals surface area contributed by atoms with E-state index in [1.165, 1.54) is 16.7 Å². The summed E-state index contributed by atoms with van der Waals surface area (Å²) in [4.78, 5) is 34.5. The number of aliphatic imine (C=N–C) groups is 2. The normalized spacial score (nSPS) is 19.3. The predicted octanol–water partition coefficient (Wildman–Crippen LogP) is 1.91. The summed E-state index contributed by atoms with van der Waals surface area (Å²) in [5.41, 5.74) is 6.82. The Kier molecular flexibility index (Phi) is 4.21. The second kappa shape index (κ2) is 6.16. The number of amidine groups is 2. The molecule has 3 rings (SSSR count). The predicted molar refractivity (Wildman–Crippen MR) is 91.8 cm³/mol. The van der Waals surface area contributed by atoms with Crippen LogP contribution in [-0.2, 0) is 9.59 Å². The van der Waals surface area contributed by atoms with E-state index in [1.807, 2.05) is 24.3 Å². The number of rotatable bonds is 4. The Balaban J connectivity index is 2.01. The first-order valence-electron chi connectivity index (χ1n) is 7.48. The minimum absolute atomic E-state index is 0.0763. The molecule has 0 bridgehead atoms. The van der Waals surface area contributed by atoms with Gasteiger partial charge in [0.1, 0.15) is 11.9 Å². The molecule has 1 aromatic carbocycles. The third-order valence-electron chi connectivity index (χ3n) is 3.59. The molecule has 2 aliphatic heterocycles. The second-order valence-electron chi connectivity index (χ2n) is 5.94. The van der Waals surface area contributed by atoms with Crippen LogP contribution in [0.2, 0.25) is 0 Å². The Morgan fingerprint density at radius 2 is 2.13 bits per heavy atom. The number of thioether (sulfide) groups is 1. The summed E-state index contributed by atoms with van der Waals surface area (Å²) in [7, 11) is 0. The SMILES string of the molecule is CC(C)CC1N=C2c3ccccc3N=C(SCC(N)=O)N2C1=O. The van der Waals surface area contributed by atoms with Crippen LogP contribution in [0.25, 0.3) is 0 Å². The van der Waals surface area contributed by atoms with Gasteiger partial charge in [0.2, 0.25) is 5.91 Å². The van der Waals surface area contributed by atoms with Crippen LogP contribution in [0.3, 0.4) is 0 Å². The van der Waals surface area contributed by atoms with E-state index in [0.717, 1.165) is 11.3 Å². The molecule has 120 valence electrons. The number of fused-ring (bicyclic) bond motifs is 3. The molecule has 2 N–H and O–H groups in total. The minimum atomic E-state index is -0.444. The number of amides is 2. The van der Waals surface area contributed by atoms with Crippen LogP contribution in [-0.4, -0.2) is 39.5 Å². The number of carbonyl (C=O) groups excluding carboxylic acids is 2. The molecular formula is C16H18N4O2S. The Bertz CT molecular complexity index is 727. The maximum atomic E-state index is 12.7. The molecule has 2 heterocycles. The summed E-state index contributed by atoms with van der Waals surface area (Å²) in [6, 6.07) is 7.18. The summed E-state index contributed by atoms with van der Waals surface area (Å²) in [5, 5.41) is 0.470. The zero-order valence-corrected chi connectivity index (χ0v) is 13.8. The third-order valence-corrected chi connectivity index (χ3v) is 4.55. The van der Waals surface area contributed by atoms with Crippen LogP contribution in [0.5, 0.6) is 0 Å². The van der Waals surface area contributed by atoms with Crippen molar-refractivity contribution < 1.29 is 9.59 Å². The Morgan fingerprint density at radius 1 is 1.39 bits per heavy atom. The van der Waals surface area contributed by atoms with E-state index in [0.29, 0.717) is 23.3 Å².